The lowest BCUT2D eigenvalue weighted by Crippen LogP contribution is -2.53. The zero-order chi connectivity index (χ0) is 12.3. The van der Waals surface area contributed by atoms with Gasteiger partial charge in [-0.1, -0.05) is 18.2 Å². The minimum Gasteiger partial charge on any atom is -0.389 e. The summed E-state index contributed by atoms with van der Waals surface area (Å²) in [6.45, 7) is 0.886. The Morgan fingerprint density at radius 1 is 1.41 bits per heavy atom. The number of likely N-dealkylation sites (tertiary alicyclic amines) is 1. The van der Waals surface area contributed by atoms with E-state index in [4.69, 9.17) is 5.11 Å². The largest absolute Gasteiger partial charge is 0.389 e. The van der Waals surface area contributed by atoms with Gasteiger partial charge in [-0.2, -0.15) is 0 Å². The Morgan fingerprint density at radius 2 is 2.12 bits per heavy atom. The Hall–Kier alpha value is -1.42. The Kier molecular flexibility index (Phi) is 3.74. The number of hydrogen-bond donors (Lipinski definition) is 1. The number of aliphatic hydroxyl groups excluding tert-OH is 1. The molecular weight excluding hydrogens is 221 g/mol. The minimum absolute atomic E-state index is 0.0478. The summed E-state index contributed by atoms with van der Waals surface area (Å²) < 4.78 is 13.3. The van der Waals surface area contributed by atoms with E-state index < -0.39 is 0 Å². The molecule has 17 heavy (non-hydrogen) atoms. The molecule has 1 aliphatic rings. The summed E-state index contributed by atoms with van der Waals surface area (Å²) in [4.78, 5) is 13.2. The van der Waals surface area contributed by atoms with E-state index in [1.54, 1.807) is 23.1 Å². The first kappa shape index (κ1) is 12.0. The molecule has 0 saturated carbocycles. The summed E-state index contributed by atoms with van der Waals surface area (Å²) >= 11 is 0. The van der Waals surface area contributed by atoms with Crippen molar-refractivity contribution < 1.29 is 14.3 Å². The standard InChI is InChI=1S/C13H16FNO2/c14-12-6-2-1-4-10(12)5-3-7-13(17)15-8-11(16)9-15/h1-2,4,6,11,16H,3,5,7-9H2. The van der Waals surface area contributed by atoms with Gasteiger partial charge in [0.1, 0.15) is 5.82 Å². The van der Waals surface area contributed by atoms with Crippen LogP contribution < -0.4 is 0 Å². The summed E-state index contributed by atoms with van der Waals surface area (Å²) in [5, 5.41) is 9.06. The number of rotatable bonds is 4. The minimum atomic E-state index is -0.356. The van der Waals surface area contributed by atoms with Crippen LogP contribution in [0.3, 0.4) is 0 Å². The monoisotopic (exact) mass is 237 g/mol. The second-order valence-corrected chi connectivity index (χ2v) is 4.40. The number of aryl methyl sites for hydroxylation is 1. The maximum Gasteiger partial charge on any atom is 0.222 e. The highest BCUT2D eigenvalue weighted by Gasteiger charge is 2.27. The van der Waals surface area contributed by atoms with Gasteiger partial charge in [0, 0.05) is 19.5 Å². The van der Waals surface area contributed by atoms with Crippen LogP contribution in [0.4, 0.5) is 4.39 Å². The normalized spacial score (nSPS) is 15.8. The summed E-state index contributed by atoms with van der Waals surface area (Å²) in [7, 11) is 0. The van der Waals surface area contributed by atoms with Crippen molar-refractivity contribution >= 4 is 5.91 Å². The van der Waals surface area contributed by atoms with Crippen LogP contribution in [0.2, 0.25) is 0 Å². The van der Waals surface area contributed by atoms with E-state index in [-0.39, 0.29) is 17.8 Å². The van der Waals surface area contributed by atoms with Gasteiger partial charge in [-0.15, -0.1) is 0 Å². The average Bonchev–Trinajstić information content (AvgIpc) is 2.27. The number of halogens is 1. The Balaban J connectivity index is 1.73. The molecule has 1 amide bonds. The van der Waals surface area contributed by atoms with Crippen LogP contribution in [0, 0.1) is 5.82 Å². The molecule has 4 heteroatoms. The van der Waals surface area contributed by atoms with Gasteiger partial charge >= 0.3 is 0 Å². The number of carbonyl (C=O) groups is 1. The lowest BCUT2D eigenvalue weighted by molar-refractivity contribution is -0.141. The van der Waals surface area contributed by atoms with Gasteiger partial charge in [-0.05, 0) is 24.5 Å². The molecule has 1 aromatic rings. The molecule has 0 spiro atoms. The number of amides is 1. The molecule has 0 bridgehead atoms. The van der Waals surface area contributed by atoms with E-state index in [0.29, 0.717) is 37.9 Å². The van der Waals surface area contributed by atoms with Crippen molar-refractivity contribution in [2.24, 2.45) is 0 Å². The van der Waals surface area contributed by atoms with E-state index in [1.807, 2.05) is 0 Å². The molecule has 1 heterocycles. The predicted octanol–water partition coefficient (Wildman–Crippen LogP) is 1.35. The lowest BCUT2D eigenvalue weighted by Gasteiger charge is -2.35. The van der Waals surface area contributed by atoms with Gasteiger partial charge in [0.25, 0.3) is 0 Å². The maximum atomic E-state index is 13.3. The van der Waals surface area contributed by atoms with Crippen LogP contribution in [-0.2, 0) is 11.2 Å². The van der Waals surface area contributed by atoms with E-state index in [2.05, 4.69) is 0 Å². The summed E-state index contributed by atoms with van der Waals surface area (Å²) in [5.74, 6) is -0.161. The highest BCUT2D eigenvalue weighted by atomic mass is 19.1. The van der Waals surface area contributed by atoms with Gasteiger partial charge in [-0.25, -0.2) is 4.39 Å². The van der Waals surface area contributed by atoms with Crippen molar-refractivity contribution in [1.29, 1.82) is 0 Å². The van der Waals surface area contributed by atoms with Crippen LogP contribution in [0.15, 0.2) is 24.3 Å². The molecule has 1 fully saturated rings. The first-order valence-corrected chi connectivity index (χ1v) is 5.86. The number of aliphatic hydroxyl groups is 1. The number of benzene rings is 1. The third-order valence-corrected chi connectivity index (χ3v) is 3.01. The van der Waals surface area contributed by atoms with Crippen molar-refractivity contribution in [3.63, 3.8) is 0 Å². The van der Waals surface area contributed by atoms with Crippen molar-refractivity contribution in [1.82, 2.24) is 4.90 Å². The molecule has 0 aliphatic carbocycles. The molecule has 1 aromatic carbocycles. The van der Waals surface area contributed by atoms with Crippen LogP contribution in [-0.4, -0.2) is 35.1 Å². The van der Waals surface area contributed by atoms with Crippen molar-refractivity contribution in [3.8, 4) is 0 Å². The fourth-order valence-electron chi connectivity index (χ4n) is 1.95. The second kappa shape index (κ2) is 5.27. The van der Waals surface area contributed by atoms with Gasteiger partial charge < -0.3 is 10.0 Å². The zero-order valence-electron chi connectivity index (χ0n) is 9.60. The molecule has 0 unspecified atom stereocenters. The topological polar surface area (TPSA) is 40.5 Å². The Bertz CT molecular complexity index is 402. The van der Waals surface area contributed by atoms with Gasteiger partial charge in [-0.3, -0.25) is 4.79 Å². The number of β-amino-alcohol motifs (C(OH)–C–C–N with tert-alkyl or cyclic N) is 1. The Labute approximate surface area is 99.9 Å². The van der Waals surface area contributed by atoms with Crippen molar-refractivity contribution in [2.45, 2.75) is 25.4 Å². The van der Waals surface area contributed by atoms with Crippen molar-refractivity contribution in [3.05, 3.63) is 35.6 Å². The lowest BCUT2D eigenvalue weighted by atomic mass is 10.1. The quantitative estimate of drug-likeness (QED) is 0.858. The van der Waals surface area contributed by atoms with E-state index in [0.717, 1.165) is 0 Å². The third kappa shape index (κ3) is 3.03. The third-order valence-electron chi connectivity index (χ3n) is 3.01. The fourth-order valence-corrected chi connectivity index (χ4v) is 1.95. The molecule has 1 saturated heterocycles. The number of nitrogens with zero attached hydrogens (tertiary/aromatic N) is 1. The smallest absolute Gasteiger partial charge is 0.222 e. The highest BCUT2D eigenvalue weighted by Crippen LogP contribution is 2.13. The first-order valence-electron chi connectivity index (χ1n) is 5.86. The molecule has 1 N–H and O–H groups in total. The SMILES string of the molecule is O=C(CCCc1ccccc1F)N1CC(O)C1. The molecule has 0 radical (unpaired) electrons. The molecule has 1 aliphatic heterocycles. The van der Waals surface area contributed by atoms with Crippen LogP contribution in [0.1, 0.15) is 18.4 Å². The highest BCUT2D eigenvalue weighted by molar-refractivity contribution is 5.77. The molecule has 3 nitrogen and oxygen atoms in total. The summed E-state index contributed by atoms with van der Waals surface area (Å²) in [6, 6.07) is 6.63. The van der Waals surface area contributed by atoms with Gasteiger partial charge in [0.15, 0.2) is 0 Å². The maximum absolute atomic E-state index is 13.3. The van der Waals surface area contributed by atoms with Gasteiger partial charge in [0.2, 0.25) is 5.91 Å². The molecule has 2 rings (SSSR count). The van der Waals surface area contributed by atoms with E-state index >= 15 is 0 Å². The molecule has 0 atom stereocenters. The molecule has 0 aromatic heterocycles. The van der Waals surface area contributed by atoms with E-state index in [9.17, 15) is 9.18 Å². The second-order valence-electron chi connectivity index (χ2n) is 4.40. The van der Waals surface area contributed by atoms with Crippen molar-refractivity contribution in [2.75, 3.05) is 13.1 Å². The number of carbonyl (C=O) groups excluding carboxylic acids is 1. The zero-order valence-corrected chi connectivity index (χ0v) is 9.60. The van der Waals surface area contributed by atoms with Crippen LogP contribution in [0.5, 0.6) is 0 Å². The number of hydrogen-bond acceptors (Lipinski definition) is 2. The molecule has 92 valence electrons. The summed E-state index contributed by atoms with van der Waals surface area (Å²) in [6.07, 6.45) is 1.29. The van der Waals surface area contributed by atoms with E-state index in [1.165, 1.54) is 6.07 Å². The Morgan fingerprint density at radius 3 is 2.76 bits per heavy atom. The first-order chi connectivity index (χ1) is 8.16. The van der Waals surface area contributed by atoms with Gasteiger partial charge in [0.05, 0.1) is 6.10 Å². The fraction of sp³-hybridized carbons (Fsp3) is 0.462. The van der Waals surface area contributed by atoms with Crippen LogP contribution in [0.25, 0.3) is 0 Å². The average molecular weight is 237 g/mol. The van der Waals surface area contributed by atoms with Crippen LogP contribution >= 0.6 is 0 Å². The predicted molar refractivity (Wildman–Crippen MR) is 61.9 cm³/mol. The molecular formula is C13H16FNO2. The summed E-state index contributed by atoms with van der Waals surface area (Å²) in [5.41, 5.74) is 0.656.